The van der Waals surface area contributed by atoms with Crippen LogP contribution in [0.3, 0.4) is 0 Å². The molecule has 228 valence electrons. The smallest absolute Gasteiger partial charge is 0.471 e. The molecule has 42 heavy (non-hydrogen) atoms. The van der Waals surface area contributed by atoms with Gasteiger partial charge in [0.1, 0.15) is 30.0 Å². The molecule has 5 rings (SSSR count). The quantitative estimate of drug-likeness (QED) is 0.327. The minimum Gasteiger partial charge on any atom is -0.496 e. The Morgan fingerprint density at radius 1 is 1.17 bits per heavy atom. The first-order valence-electron chi connectivity index (χ1n) is 14.6. The topological polar surface area (TPSA) is 164 Å². The van der Waals surface area contributed by atoms with Crippen LogP contribution in [0.25, 0.3) is 10.9 Å². The predicted octanol–water partition coefficient (Wildman–Crippen LogP) is 3.18. The maximum absolute atomic E-state index is 14.2. The molecule has 0 radical (unpaired) electrons. The molecule has 2 amide bonds. The third-order valence-electron chi connectivity index (χ3n) is 9.12. The summed E-state index contributed by atoms with van der Waals surface area (Å²) in [6, 6.07) is 5.04. The summed E-state index contributed by atoms with van der Waals surface area (Å²) >= 11 is 0. The Kier molecular flexibility index (Phi) is 8.89. The van der Waals surface area contributed by atoms with Gasteiger partial charge in [0.15, 0.2) is 5.78 Å². The standard InChI is InChI=1S/C29H38N3O9P/c1-3-24(33)21(13-17-7-5-11-25(17)34)30-28(35)27-19-9-4-8-18(19)15-31(27)29(36)23-14-20-22(10-6-12-26(20)40-2)32(23)16-41-42(37,38)39/h6,10,12,14,17-19,21,27H,3-5,7-9,11,13,15-16H2,1-2H3,(H,30,35)(H2,37,38,39)/t17-,18-,19-,21-,27-/m0/s1. The molecule has 1 aliphatic heterocycles. The van der Waals surface area contributed by atoms with Crippen LogP contribution in [-0.2, 0) is 30.2 Å². The first-order valence-corrected chi connectivity index (χ1v) is 16.1. The van der Waals surface area contributed by atoms with Crippen molar-refractivity contribution in [3.63, 3.8) is 0 Å². The van der Waals surface area contributed by atoms with Crippen LogP contribution in [0.15, 0.2) is 24.3 Å². The molecule has 1 aromatic heterocycles. The van der Waals surface area contributed by atoms with Crippen molar-refractivity contribution in [3.8, 4) is 5.75 Å². The van der Waals surface area contributed by atoms with E-state index in [1.807, 2.05) is 0 Å². The number of nitrogens with zero attached hydrogens (tertiary/aromatic N) is 2. The highest BCUT2D eigenvalue weighted by Crippen LogP contribution is 2.44. The third kappa shape index (κ3) is 6.04. The maximum Gasteiger partial charge on any atom is 0.471 e. The highest BCUT2D eigenvalue weighted by atomic mass is 31.2. The highest BCUT2D eigenvalue weighted by Gasteiger charge is 2.50. The van der Waals surface area contributed by atoms with Gasteiger partial charge in [0.2, 0.25) is 5.91 Å². The third-order valence-corrected chi connectivity index (χ3v) is 9.58. The van der Waals surface area contributed by atoms with Crippen LogP contribution < -0.4 is 10.1 Å². The Hall–Kier alpha value is -3.05. The van der Waals surface area contributed by atoms with E-state index in [1.165, 1.54) is 16.6 Å². The summed E-state index contributed by atoms with van der Waals surface area (Å²) < 4.78 is 23.2. The Morgan fingerprint density at radius 3 is 2.62 bits per heavy atom. The van der Waals surface area contributed by atoms with Crippen LogP contribution in [0.2, 0.25) is 0 Å². The number of amides is 2. The number of likely N-dealkylation sites (tertiary alicyclic amines) is 1. The molecular formula is C29H38N3O9P. The number of benzene rings is 1. The van der Waals surface area contributed by atoms with Gasteiger partial charge in [-0.3, -0.25) is 23.7 Å². The molecule has 1 saturated heterocycles. The molecule has 2 aromatic rings. The van der Waals surface area contributed by atoms with Crippen molar-refractivity contribution in [3.05, 3.63) is 30.0 Å². The number of hydrogen-bond donors (Lipinski definition) is 3. The normalized spacial score (nSPS) is 24.7. The van der Waals surface area contributed by atoms with Crippen LogP contribution in [-0.4, -0.2) is 68.4 Å². The van der Waals surface area contributed by atoms with Gasteiger partial charge in [0, 0.05) is 30.7 Å². The lowest BCUT2D eigenvalue weighted by Crippen LogP contribution is -2.53. The largest absolute Gasteiger partial charge is 0.496 e. The average Bonchev–Trinajstić information content (AvgIpc) is 3.73. The zero-order valence-electron chi connectivity index (χ0n) is 23.9. The summed E-state index contributed by atoms with van der Waals surface area (Å²) in [7, 11) is -3.38. The Morgan fingerprint density at radius 2 is 1.95 bits per heavy atom. The summed E-state index contributed by atoms with van der Waals surface area (Å²) in [5.41, 5.74) is 0.569. The minimum atomic E-state index is -4.87. The van der Waals surface area contributed by atoms with E-state index >= 15 is 0 Å². The number of phosphoric ester groups is 1. The van der Waals surface area contributed by atoms with Gasteiger partial charge >= 0.3 is 7.82 Å². The molecular weight excluding hydrogens is 565 g/mol. The van der Waals surface area contributed by atoms with Crippen LogP contribution in [0.5, 0.6) is 5.75 Å². The van der Waals surface area contributed by atoms with Crippen molar-refractivity contribution in [2.45, 2.75) is 77.1 Å². The fraction of sp³-hybridized carbons (Fsp3) is 0.586. The summed E-state index contributed by atoms with van der Waals surface area (Å²) in [6.45, 7) is 1.47. The lowest BCUT2D eigenvalue weighted by molar-refractivity contribution is -0.131. The van der Waals surface area contributed by atoms with Gasteiger partial charge in [-0.15, -0.1) is 0 Å². The Bertz CT molecular complexity index is 1430. The van der Waals surface area contributed by atoms with Gasteiger partial charge in [-0.2, -0.15) is 0 Å². The molecule has 1 aromatic carbocycles. The number of carbonyl (C=O) groups is 4. The monoisotopic (exact) mass is 603 g/mol. The first-order chi connectivity index (χ1) is 20.0. The lowest BCUT2D eigenvalue weighted by atomic mass is 9.91. The van der Waals surface area contributed by atoms with Crippen molar-refractivity contribution in [1.29, 1.82) is 0 Å². The molecule has 3 N–H and O–H groups in total. The summed E-state index contributed by atoms with van der Waals surface area (Å²) in [6.07, 6.45) is 5.01. The number of nitrogens with one attached hydrogen (secondary N) is 1. The molecule has 0 unspecified atom stereocenters. The number of carbonyl (C=O) groups excluding carboxylic acids is 4. The first kappa shape index (κ1) is 30.4. The number of hydrogen-bond acceptors (Lipinski definition) is 7. The number of rotatable bonds is 11. The van der Waals surface area contributed by atoms with E-state index in [9.17, 15) is 33.5 Å². The van der Waals surface area contributed by atoms with E-state index in [4.69, 9.17) is 9.26 Å². The molecule has 2 heterocycles. The number of methoxy groups -OCH3 is 1. The van der Waals surface area contributed by atoms with Crippen LogP contribution in [0.1, 0.15) is 68.8 Å². The number of fused-ring (bicyclic) bond motifs is 2. The summed E-state index contributed by atoms with van der Waals surface area (Å²) in [4.78, 5) is 73.6. The van der Waals surface area contributed by atoms with E-state index < -0.39 is 38.5 Å². The fourth-order valence-electron chi connectivity index (χ4n) is 7.08. The molecule has 13 heteroatoms. The van der Waals surface area contributed by atoms with Crippen molar-refractivity contribution in [2.75, 3.05) is 13.7 Å². The number of Topliss-reactive ketones (excluding diaryl/α,β-unsaturated/α-hetero) is 2. The molecule has 2 saturated carbocycles. The molecule has 12 nitrogen and oxygen atoms in total. The van der Waals surface area contributed by atoms with E-state index in [1.54, 1.807) is 31.2 Å². The Labute approximate surface area is 243 Å². The minimum absolute atomic E-state index is 0.0850. The lowest BCUT2D eigenvalue weighted by Gasteiger charge is -2.29. The summed E-state index contributed by atoms with van der Waals surface area (Å²) in [5.74, 6) is -0.699. The molecule has 3 aliphatic rings. The van der Waals surface area contributed by atoms with Gasteiger partial charge in [0.05, 0.1) is 18.7 Å². The van der Waals surface area contributed by atoms with Gasteiger partial charge < -0.3 is 29.3 Å². The molecule has 0 spiro atoms. The number of aromatic nitrogens is 1. The number of phosphoric acid groups is 1. The van der Waals surface area contributed by atoms with E-state index in [-0.39, 0.29) is 47.9 Å². The average molecular weight is 604 g/mol. The molecule has 2 aliphatic carbocycles. The van der Waals surface area contributed by atoms with Gasteiger partial charge in [0.25, 0.3) is 5.91 Å². The second-order valence-electron chi connectivity index (χ2n) is 11.5. The fourth-order valence-corrected chi connectivity index (χ4v) is 7.34. The number of ketones is 2. The van der Waals surface area contributed by atoms with Gasteiger partial charge in [-0.1, -0.05) is 19.4 Å². The molecule has 3 fully saturated rings. The highest BCUT2D eigenvalue weighted by molar-refractivity contribution is 7.46. The van der Waals surface area contributed by atoms with E-state index in [0.29, 0.717) is 36.0 Å². The van der Waals surface area contributed by atoms with Crippen molar-refractivity contribution < 1.29 is 42.8 Å². The van der Waals surface area contributed by atoms with Gasteiger partial charge in [-0.25, -0.2) is 4.57 Å². The van der Waals surface area contributed by atoms with Crippen LogP contribution >= 0.6 is 7.82 Å². The second kappa shape index (κ2) is 12.3. The van der Waals surface area contributed by atoms with Crippen LogP contribution in [0.4, 0.5) is 0 Å². The van der Waals surface area contributed by atoms with Crippen molar-refractivity contribution >= 4 is 42.1 Å². The van der Waals surface area contributed by atoms with Gasteiger partial charge in [-0.05, 0) is 62.1 Å². The van der Waals surface area contributed by atoms with E-state index in [2.05, 4.69) is 5.32 Å². The Balaban J connectivity index is 1.47. The predicted molar refractivity (Wildman–Crippen MR) is 151 cm³/mol. The second-order valence-corrected chi connectivity index (χ2v) is 12.8. The maximum atomic E-state index is 14.2. The molecule has 0 bridgehead atoms. The van der Waals surface area contributed by atoms with Crippen molar-refractivity contribution in [2.24, 2.45) is 17.8 Å². The summed E-state index contributed by atoms with van der Waals surface area (Å²) in [5, 5.41) is 3.47. The van der Waals surface area contributed by atoms with E-state index in [0.717, 1.165) is 25.7 Å². The zero-order valence-corrected chi connectivity index (χ0v) is 24.8. The molecule has 5 atom stereocenters. The zero-order chi connectivity index (χ0) is 30.2. The van der Waals surface area contributed by atoms with Crippen LogP contribution in [0, 0.1) is 17.8 Å². The SMILES string of the molecule is CCC(=O)[C@H](C[C@@H]1CCCC1=O)NC(=O)[C@@H]1[C@H]2CCC[C@H]2CN1C(=O)c1cc2c(OC)cccc2n1COP(=O)(O)O. The van der Waals surface area contributed by atoms with Crippen molar-refractivity contribution in [1.82, 2.24) is 14.8 Å². The number of ether oxygens (including phenoxy) is 1.